The molecule has 0 saturated heterocycles. The van der Waals surface area contributed by atoms with Crippen molar-refractivity contribution in [3.8, 4) is 10.6 Å². The largest absolute Gasteiger partial charge is 0.368 e. The van der Waals surface area contributed by atoms with Crippen molar-refractivity contribution in [2.24, 2.45) is 0 Å². The second-order valence-electron chi connectivity index (χ2n) is 3.19. The van der Waals surface area contributed by atoms with Crippen LogP contribution in [-0.2, 0) is 0 Å². The van der Waals surface area contributed by atoms with Crippen LogP contribution in [0, 0.1) is 13.8 Å². The molecule has 0 amide bonds. The topological polar surface area (TPSA) is 51.8 Å². The van der Waals surface area contributed by atoms with Crippen LogP contribution in [0.4, 0.5) is 5.95 Å². The summed E-state index contributed by atoms with van der Waals surface area (Å²) in [5, 5.41) is 2.05. The van der Waals surface area contributed by atoms with Crippen molar-refractivity contribution in [2.45, 2.75) is 13.8 Å². The fraction of sp³-hybridized carbons (Fsp3) is 0.200. The number of nitrogens with two attached hydrogens (primary N) is 1. The van der Waals surface area contributed by atoms with Crippen LogP contribution >= 0.6 is 11.3 Å². The Morgan fingerprint density at radius 1 is 1.29 bits per heavy atom. The third-order valence-electron chi connectivity index (χ3n) is 1.97. The molecule has 2 aromatic rings. The van der Waals surface area contributed by atoms with Gasteiger partial charge in [-0.3, -0.25) is 0 Å². The van der Waals surface area contributed by atoms with Crippen LogP contribution in [0.1, 0.15) is 11.3 Å². The van der Waals surface area contributed by atoms with E-state index in [0.29, 0.717) is 5.95 Å². The highest BCUT2D eigenvalue weighted by Crippen LogP contribution is 2.27. The Balaban J connectivity index is 2.57. The van der Waals surface area contributed by atoms with Gasteiger partial charge in [-0.25, -0.2) is 9.97 Å². The van der Waals surface area contributed by atoms with Crippen LogP contribution in [0.2, 0.25) is 0 Å². The molecule has 2 N–H and O–H groups in total. The molecule has 0 atom stereocenters. The summed E-state index contributed by atoms with van der Waals surface area (Å²) in [5.41, 5.74) is 8.65. The quantitative estimate of drug-likeness (QED) is 0.777. The van der Waals surface area contributed by atoms with E-state index >= 15 is 0 Å². The highest BCUT2D eigenvalue weighted by atomic mass is 32.1. The minimum absolute atomic E-state index is 0.341. The van der Waals surface area contributed by atoms with Gasteiger partial charge in [0.05, 0.1) is 10.6 Å². The maximum absolute atomic E-state index is 5.60. The summed E-state index contributed by atoms with van der Waals surface area (Å²) in [6.07, 6.45) is 0. The van der Waals surface area contributed by atoms with Crippen molar-refractivity contribution in [3.63, 3.8) is 0 Å². The zero-order valence-corrected chi connectivity index (χ0v) is 8.93. The number of hydrogen-bond donors (Lipinski definition) is 1. The summed E-state index contributed by atoms with van der Waals surface area (Å²) in [5.74, 6) is 0.341. The maximum Gasteiger partial charge on any atom is 0.220 e. The molecule has 2 aromatic heterocycles. The fourth-order valence-electron chi connectivity index (χ4n) is 1.34. The van der Waals surface area contributed by atoms with Crippen molar-refractivity contribution in [1.82, 2.24) is 9.97 Å². The van der Waals surface area contributed by atoms with E-state index in [2.05, 4.69) is 28.3 Å². The monoisotopic (exact) mass is 205 g/mol. The van der Waals surface area contributed by atoms with E-state index in [1.165, 1.54) is 10.4 Å². The molecule has 0 aliphatic carbocycles. The number of anilines is 1. The first kappa shape index (κ1) is 9.15. The average Bonchev–Trinajstić information content (AvgIpc) is 2.49. The van der Waals surface area contributed by atoms with E-state index in [4.69, 9.17) is 5.73 Å². The van der Waals surface area contributed by atoms with Crippen LogP contribution in [0.5, 0.6) is 0 Å². The van der Waals surface area contributed by atoms with Crippen molar-refractivity contribution in [2.75, 3.05) is 5.73 Å². The van der Waals surface area contributed by atoms with Gasteiger partial charge in [0.25, 0.3) is 0 Å². The highest BCUT2D eigenvalue weighted by Gasteiger charge is 2.06. The summed E-state index contributed by atoms with van der Waals surface area (Å²) in [7, 11) is 0. The van der Waals surface area contributed by atoms with Gasteiger partial charge >= 0.3 is 0 Å². The van der Waals surface area contributed by atoms with Crippen molar-refractivity contribution < 1.29 is 0 Å². The minimum Gasteiger partial charge on any atom is -0.368 e. The van der Waals surface area contributed by atoms with Crippen LogP contribution in [0.25, 0.3) is 10.6 Å². The number of nitrogens with zero attached hydrogens (tertiary/aromatic N) is 2. The Morgan fingerprint density at radius 2 is 2.07 bits per heavy atom. The summed E-state index contributed by atoms with van der Waals surface area (Å²) < 4.78 is 0. The lowest BCUT2D eigenvalue weighted by molar-refractivity contribution is 1.12. The molecule has 2 heterocycles. The molecule has 0 aliphatic heterocycles. The first-order valence-corrected chi connectivity index (χ1v) is 5.20. The maximum atomic E-state index is 5.60. The first-order valence-electron chi connectivity index (χ1n) is 4.32. The van der Waals surface area contributed by atoms with E-state index in [9.17, 15) is 0 Å². The number of thiophene rings is 1. The van der Waals surface area contributed by atoms with Crippen LogP contribution < -0.4 is 5.73 Å². The van der Waals surface area contributed by atoms with Gasteiger partial charge in [0.1, 0.15) is 0 Å². The molecule has 14 heavy (non-hydrogen) atoms. The van der Waals surface area contributed by atoms with E-state index in [1.807, 2.05) is 13.0 Å². The molecular formula is C10H11N3S. The zero-order chi connectivity index (χ0) is 10.1. The summed E-state index contributed by atoms with van der Waals surface area (Å²) in [6, 6.07) is 4.03. The molecule has 0 saturated carbocycles. The number of nitrogen functional groups attached to an aromatic ring is 1. The van der Waals surface area contributed by atoms with Gasteiger partial charge in [-0.15, -0.1) is 11.3 Å². The minimum atomic E-state index is 0.341. The molecule has 0 spiro atoms. The van der Waals surface area contributed by atoms with Gasteiger partial charge in [0, 0.05) is 5.69 Å². The van der Waals surface area contributed by atoms with Crippen molar-refractivity contribution in [3.05, 3.63) is 28.8 Å². The average molecular weight is 205 g/mol. The highest BCUT2D eigenvalue weighted by molar-refractivity contribution is 7.13. The van der Waals surface area contributed by atoms with Gasteiger partial charge in [0.15, 0.2) is 0 Å². The third-order valence-corrected chi connectivity index (χ3v) is 3.01. The first-order chi connectivity index (χ1) is 6.66. The Bertz CT molecular complexity index is 442. The molecule has 3 nitrogen and oxygen atoms in total. The standard InChI is InChI=1S/C10H11N3S/c1-6-3-4-14-9(6)8-5-7(2)12-10(11)13-8/h3-5H,1-2H3,(H2,11,12,13). The number of aromatic nitrogens is 2. The smallest absolute Gasteiger partial charge is 0.220 e. The van der Waals surface area contributed by atoms with Gasteiger partial charge in [-0.1, -0.05) is 0 Å². The van der Waals surface area contributed by atoms with Gasteiger partial charge in [0.2, 0.25) is 5.95 Å². The van der Waals surface area contributed by atoms with Crippen LogP contribution in [-0.4, -0.2) is 9.97 Å². The molecule has 0 unspecified atom stereocenters. The number of rotatable bonds is 1. The zero-order valence-electron chi connectivity index (χ0n) is 8.11. The lowest BCUT2D eigenvalue weighted by Gasteiger charge is -2.01. The molecule has 0 bridgehead atoms. The lowest BCUT2D eigenvalue weighted by atomic mass is 10.2. The van der Waals surface area contributed by atoms with E-state index in [1.54, 1.807) is 11.3 Å². The van der Waals surface area contributed by atoms with Crippen LogP contribution in [0.15, 0.2) is 17.5 Å². The van der Waals surface area contributed by atoms with Gasteiger partial charge in [-0.05, 0) is 36.9 Å². The molecule has 0 fully saturated rings. The van der Waals surface area contributed by atoms with E-state index in [-0.39, 0.29) is 0 Å². The Kier molecular flexibility index (Phi) is 2.21. The fourth-order valence-corrected chi connectivity index (χ4v) is 2.23. The Labute approximate surface area is 86.6 Å². The summed E-state index contributed by atoms with van der Waals surface area (Å²) >= 11 is 1.67. The number of aryl methyl sites for hydroxylation is 2. The lowest BCUT2D eigenvalue weighted by Crippen LogP contribution is -1.97. The van der Waals surface area contributed by atoms with Gasteiger partial charge < -0.3 is 5.73 Å². The summed E-state index contributed by atoms with van der Waals surface area (Å²) in [6.45, 7) is 3.99. The Hall–Kier alpha value is -1.42. The molecule has 4 heteroatoms. The Morgan fingerprint density at radius 3 is 2.64 bits per heavy atom. The molecule has 0 aromatic carbocycles. The second-order valence-corrected chi connectivity index (χ2v) is 4.10. The molecule has 0 aliphatic rings. The van der Waals surface area contributed by atoms with E-state index in [0.717, 1.165) is 11.4 Å². The normalized spacial score (nSPS) is 10.4. The van der Waals surface area contributed by atoms with E-state index < -0.39 is 0 Å². The predicted molar refractivity (Wildman–Crippen MR) is 59.2 cm³/mol. The molecule has 72 valence electrons. The molecular weight excluding hydrogens is 194 g/mol. The number of hydrogen-bond acceptors (Lipinski definition) is 4. The second kappa shape index (κ2) is 3.38. The van der Waals surface area contributed by atoms with Crippen molar-refractivity contribution >= 4 is 17.3 Å². The van der Waals surface area contributed by atoms with Gasteiger partial charge in [-0.2, -0.15) is 0 Å². The molecule has 2 rings (SSSR count). The SMILES string of the molecule is Cc1cc(-c2sccc2C)nc(N)n1. The predicted octanol–water partition coefficient (Wildman–Crippen LogP) is 2.40. The van der Waals surface area contributed by atoms with Crippen molar-refractivity contribution in [1.29, 1.82) is 0 Å². The molecule has 0 radical (unpaired) electrons. The third kappa shape index (κ3) is 1.61. The summed E-state index contributed by atoms with van der Waals surface area (Å²) in [4.78, 5) is 9.43. The van der Waals surface area contributed by atoms with Crippen LogP contribution in [0.3, 0.4) is 0 Å².